The van der Waals surface area contributed by atoms with Crippen LogP contribution in [0.4, 0.5) is 5.69 Å². The fraction of sp³-hybridized carbons (Fsp3) is 0.182. The fourth-order valence-electron chi connectivity index (χ4n) is 1.27. The average Bonchev–Trinajstić information content (AvgIpc) is 2.40. The molecule has 0 saturated heterocycles. The van der Waals surface area contributed by atoms with E-state index in [2.05, 4.69) is 4.99 Å². The molecule has 0 unspecified atom stereocenters. The van der Waals surface area contributed by atoms with Crippen molar-refractivity contribution in [1.29, 1.82) is 0 Å². The van der Waals surface area contributed by atoms with E-state index in [9.17, 15) is 0 Å². The van der Waals surface area contributed by atoms with Crippen LogP contribution < -0.4 is 0 Å². The molecule has 2 nitrogen and oxygen atoms in total. The molecule has 0 radical (unpaired) electrons. The second kappa shape index (κ2) is 4.44. The standard InChI is InChI=1S/C11H11NOS/c13-8-6-9-5-7-12-10-3-1-2-4-11(10)14-9/h1-5,7,13H,6,8H2. The van der Waals surface area contributed by atoms with E-state index in [1.807, 2.05) is 30.3 Å². The van der Waals surface area contributed by atoms with Gasteiger partial charge in [-0.25, -0.2) is 0 Å². The molecular weight excluding hydrogens is 194 g/mol. The lowest BCUT2D eigenvalue weighted by molar-refractivity contribution is 0.302. The first kappa shape index (κ1) is 9.49. The number of benzene rings is 1. The molecule has 2 rings (SSSR count). The van der Waals surface area contributed by atoms with Crippen LogP contribution in [0.5, 0.6) is 0 Å². The third kappa shape index (κ3) is 2.05. The molecule has 0 bridgehead atoms. The number of nitrogens with zero attached hydrogens (tertiary/aromatic N) is 1. The molecule has 1 aliphatic rings. The number of aliphatic hydroxyl groups is 1. The van der Waals surface area contributed by atoms with Crippen LogP contribution in [0.1, 0.15) is 6.42 Å². The number of hydrogen-bond acceptors (Lipinski definition) is 3. The lowest BCUT2D eigenvalue weighted by Gasteiger charge is -2.04. The molecule has 0 saturated carbocycles. The predicted octanol–water partition coefficient (Wildman–Crippen LogP) is 2.76. The van der Waals surface area contributed by atoms with Crippen molar-refractivity contribution in [3.63, 3.8) is 0 Å². The Labute approximate surface area is 87.4 Å². The summed E-state index contributed by atoms with van der Waals surface area (Å²) in [6, 6.07) is 8.03. The zero-order valence-electron chi connectivity index (χ0n) is 7.68. The molecule has 0 spiro atoms. The Kier molecular flexibility index (Phi) is 3.01. The zero-order chi connectivity index (χ0) is 9.80. The van der Waals surface area contributed by atoms with E-state index in [4.69, 9.17) is 5.11 Å². The van der Waals surface area contributed by atoms with Crippen LogP contribution in [0.25, 0.3) is 0 Å². The highest BCUT2D eigenvalue weighted by molar-refractivity contribution is 8.03. The van der Waals surface area contributed by atoms with Crippen LogP contribution in [0.3, 0.4) is 0 Å². The van der Waals surface area contributed by atoms with Gasteiger partial charge < -0.3 is 5.11 Å². The molecule has 1 N–H and O–H groups in total. The molecule has 0 aliphatic carbocycles. The largest absolute Gasteiger partial charge is 0.396 e. The highest BCUT2D eigenvalue weighted by Crippen LogP contribution is 2.36. The highest BCUT2D eigenvalue weighted by Gasteiger charge is 2.06. The van der Waals surface area contributed by atoms with E-state index >= 15 is 0 Å². The van der Waals surface area contributed by atoms with E-state index in [1.165, 1.54) is 0 Å². The summed E-state index contributed by atoms with van der Waals surface area (Å²) in [4.78, 5) is 6.62. The van der Waals surface area contributed by atoms with Gasteiger partial charge in [-0.2, -0.15) is 0 Å². The van der Waals surface area contributed by atoms with E-state index in [0.717, 1.165) is 15.5 Å². The summed E-state index contributed by atoms with van der Waals surface area (Å²) in [6.45, 7) is 0.189. The van der Waals surface area contributed by atoms with Gasteiger partial charge in [0, 0.05) is 24.1 Å². The van der Waals surface area contributed by atoms with Gasteiger partial charge in [0.05, 0.1) is 5.69 Å². The summed E-state index contributed by atoms with van der Waals surface area (Å²) in [6.07, 6.45) is 4.45. The Bertz CT molecular complexity index is 385. The number of fused-ring (bicyclic) bond motifs is 1. The minimum absolute atomic E-state index is 0.189. The number of hydrogen-bond donors (Lipinski definition) is 1. The quantitative estimate of drug-likeness (QED) is 0.805. The monoisotopic (exact) mass is 205 g/mol. The SMILES string of the molecule is OCCC1=CC=Nc2ccccc2S1. The maximum atomic E-state index is 8.86. The van der Waals surface area contributed by atoms with Crippen LogP contribution in [0, 0.1) is 0 Å². The Morgan fingerprint density at radius 1 is 1.29 bits per heavy atom. The first-order valence-electron chi connectivity index (χ1n) is 4.51. The van der Waals surface area contributed by atoms with Gasteiger partial charge in [-0.15, -0.1) is 0 Å². The Morgan fingerprint density at radius 3 is 3.00 bits per heavy atom. The lowest BCUT2D eigenvalue weighted by atomic mass is 10.3. The number of aliphatic hydroxyl groups excluding tert-OH is 1. The van der Waals surface area contributed by atoms with E-state index in [1.54, 1.807) is 18.0 Å². The molecule has 1 aliphatic heterocycles. The van der Waals surface area contributed by atoms with Crippen LogP contribution in [-0.2, 0) is 0 Å². The van der Waals surface area contributed by atoms with Crippen LogP contribution in [0.15, 0.2) is 45.1 Å². The van der Waals surface area contributed by atoms with Crippen molar-refractivity contribution < 1.29 is 5.11 Å². The van der Waals surface area contributed by atoms with Gasteiger partial charge in [-0.3, -0.25) is 4.99 Å². The molecule has 0 amide bonds. The molecule has 3 heteroatoms. The predicted molar refractivity (Wildman–Crippen MR) is 60.2 cm³/mol. The number of allylic oxidation sites excluding steroid dienone is 1. The van der Waals surface area contributed by atoms with Gasteiger partial charge in [0.2, 0.25) is 0 Å². The minimum atomic E-state index is 0.189. The molecule has 1 aromatic carbocycles. The molecular formula is C11H11NOS. The summed E-state index contributed by atoms with van der Waals surface area (Å²) in [5.41, 5.74) is 1.00. The fourth-order valence-corrected chi connectivity index (χ4v) is 2.25. The summed E-state index contributed by atoms with van der Waals surface area (Å²) in [5.74, 6) is 0. The van der Waals surface area contributed by atoms with Gasteiger partial charge in [-0.1, -0.05) is 23.9 Å². The van der Waals surface area contributed by atoms with Crippen molar-refractivity contribution in [2.75, 3.05) is 6.61 Å². The molecule has 14 heavy (non-hydrogen) atoms. The summed E-state index contributed by atoms with van der Waals surface area (Å²) in [7, 11) is 0. The highest BCUT2D eigenvalue weighted by atomic mass is 32.2. The number of thioether (sulfide) groups is 1. The molecule has 1 heterocycles. The maximum Gasteiger partial charge on any atom is 0.0768 e. The Hall–Kier alpha value is -1.06. The van der Waals surface area contributed by atoms with Crippen molar-refractivity contribution in [3.8, 4) is 0 Å². The smallest absolute Gasteiger partial charge is 0.0768 e. The number of rotatable bonds is 2. The first-order valence-corrected chi connectivity index (χ1v) is 5.33. The topological polar surface area (TPSA) is 32.6 Å². The summed E-state index contributed by atoms with van der Waals surface area (Å²) < 4.78 is 0. The minimum Gasteiger partial charge on any atom is -0.396 e. The van der Waals surface area contributed by atoms with Gasteiger partial charge in [-0.05, 0) is 23.1 Å². The van der Waals surface area contributed by atoms with Gasteiger partial charge >= 0.3 is 0 Å². The summed E-state index contributed by atoms with van der Waals surface area (Å²) in [5, 5.41) is 8.86. The van der Waals surface area contributed by atoms with Crippen molar-refractivity contribution >= 4 is 23.7 Å². The Balaban J connectivity index is 2.28. The molecule has 0 aromatic heterocycles. The van der Waals surface area contributed by atoms with Crippen molar-refractivity contribution in [2.24, 2.45) is 4.99 Å². The molecule has 72 valence electrons. The van der Waals surface area contributed by atoms with Crippen LogP contribution in [0.2, 0.25) is 0 Å². The van der Waals surface area contributed by atoms with Crippen molar-refractivity contribution in [1.82, 2.24) is 0 Å². The molecule has 1 aromatic rings. The van der Waals surface area contributed by atoms with E-state index in [-0.39, 0.29) is 6.61 Å². The van der Waals surface area contributed by atoms with Crippen LogP contribution in [-0.4, -0.2) is 17.9 Å². The van der Waals surface area contributed by atoms with Gasteiger partial charge in [0.25, 0.3) is 0 Å². The van der Waals surface area contributed by atoms with Crippen LogP contribution >= 0.6 is 11.8 Å². The molecule has 0 fully saturated rings. The number of aliphatic imine (C=N–C) groups is 1. The van der Waals surface area contributed by atoms with Gasteiger partial charge in [0.1, 0.15) is 0 Å². The van der Waals surface area contributed by atoms with Crippen molar-refractivity contribution in [2.45, 2.75) is 11.3 Å². The first-order chi connectivity index (χ1) is 6.90. The third-order valence-corrected chi connectivity index (χ3v) is 3.11. The van der Waals surface area contributed by atoms with Crippen molar-refractivity contribution in [3.05, 3.63) is 35.2 Å². The van der Waals surface area contributed by atoms with E-state index < -0.39 is 0 Å². The second-order valence-electron chi connectivity index (χ2n) is 2.95. The summed E-state index contributed by atoms with van der Waals surface area (Å²) >= 11 is 1.68. The third-order valence-electron chi connectivity index (χ3n) is 1.94. The lowest BCUT2D eigenvalue weighted by Crippen LogP contribution is -1.84. The number of para-hydroxylation sites is 1. The molecule has 0 atom stereocenters. The zero-order valence-corrected chi connectivity index (χ0v) is 8.50. The van der Waals surface area contributed by atoms with E-state index in [0.29, 0.717) is 6.42 Å². The maximum absolute atomic E-state index is 8.86. The normalized spacial score (nSPS) is 14.5. The second-order valence-corrected chi connectivity index (χ2v) is 4.12. The Morgan fingerprint density at radius 2 is 2.14 bits per heavy atom. The van der Waals surface area contributed by atoms with Gasteiger partial charge in [0.15, 0.2) is 0 Å². The average molecular weight is 205 g/mol.